The van der Waals surface area contributed by atoms with Crippen molar-refractivity contribution in [3.63, 3.8) is 0 Å². The number of nitrogens with zero attached hydrogens (tertiary/aromatic N) is 2. The number of aromatic nitrogens is 2. The number of hydrogen-bond acceptors (Lipinski definition) is 4. The van der Waals surface area contributed by atoms with E-state index in [4.69, 9.17) is 0 Å². The molecule has 0 aliphatic carbocycles. The molecular weight excluding hydrogens is 180 g/mol. The average molecular weight is 192 g/mol. The Kier molecular flexibility index (Phi) is 2.58. The summed E-state index contributed by atoms with van der Waals surface area (Å²) >= 11 is 0. The minimum absolute atomic E-state index is 0.138. The summed E-state index contributed by atoms with van der Waals surface area (Å²) in [6.45, 7) is 1.53. The second-order valence-electron chi connectivity index (χ2n) is 3.35. The van der Waals surface area contributed by atoms with E-state index in [-0.39, 0.29) is 5.91 Å². The van der Waals surface area contributed by atoms with Crippen LogP contribution in [0.25, 0.3) is 0 Å². The van der Waals surface area contributed by atoms with Crippen LogP contribution in [-0.2, 0) is 4.79 Å². The Balaban J connectivity index is 1.80. The maximum atomic E-state index is 10.9. The summed E-state index contributed by atoms with van der Waals surface area (Å²) in [4.78, 5) is 18.8. The lowest BCUT2D eigenvalue weighted by molar-refractivity contribution is -0.119. The molecule has 2 N–H and O–H groups in total. The van der Waals surface area contributed by atoms with Gasteiger partial charge in [0, 0.05) is 31.6 Å². The lowest BCUT2D eigenvalue weighted by atomic mass is 10.1. The molecule has 0 radical (unpaired) electrons. The zero-order valence-corrected chi connectivity index (χ0v) is 7.73. The van der Waals surface area contributed by atoms with E-state index in [0.717, 1.165) is 18.9 Å². The molecule has 1 aliphatic rings. The van der Waals surface area contributed by atoms with Gasteiger partial charge in [-0.15, -0.1) is 0 Å². The van der Waals surface area contributed by atoms with E-state index in [9.17, 15) is 4.79 Å². The highest BCUT2D eigenvalue weighted by Gasteiger charge is 2.20. The van der Waals surface area contributed by atoms with Gasteiger partial charge in [0.1, 0.15) is 12.1 Å². The lowest BCUT2D eigenvalue weighted by Crippen LogP contribution is -2.18. The summed E-state index contributed by atoms with van der Waals surface area (Å²) in [5.74, 6) is 1.32. The third-order valence-corrected chi connectivity index (χ3v) is 2.22. The third-order valence-electron chi connectivity index (χ3n) is 2.22. The molecule has 1 fully saturated rings. The van der Waals surface area contributed by atoms with E-state index >= 15 is 0 Å². The normalized spacial score (nSPS) is 20.6. The number of hydrogen-bond donors (Lipinski definition) is 2. The van der Waals surface area contributed by atoms with Crippen molar-refractivity contribution >= 4 is 11.7 Å². The van der Waals surface area contributed by atoms with Crippen molar-refractivity contribution in [2.45, 2.75) is 6.42 Å². The Hall–Kier alpha value is -1.65. The summed E-state index contributed by atoms with van der Waals surface area (Å²) in [6.07, 6.45) is 3.80. The van der Waals surface area contributed by atoms with Crippen LogP contribution in [0.1, 0.15) is 6.42 Å². The van der Waals surface area contributed by atoms with E-state index in [1.54, 1.807) is 6.20 Å². The van der Waals surface area contributed by atoms with E-state index in [1.165, 1.54) is 6.33 Å². The fraction of sp³-hybridized carbons (Fsp3) is 0.444. The molecule has 1 atom stereocenters. The number of carbonyl (C=O) groups excluding carboxylic acids is 1. The SMILES string of the molecule is O=C1CC(CNc2ccncn2)CN1. The van der Waals surface area contributed by atoms with Crippen molar-refractivity contribution in [3.8, 4) is 0 Å². The molecule has 0 bridgehead atoms. The highest BCUT2D eigenvalue weighted by Crippen LogP contribution is 2.09. The van der Waals surface area contributed by atoms with Crippen LogP contribution in [0.3, 0.4) is 0 Å². The lowest BCUT2D eigenvalue weighted by Gasteiger charge is -2.08. The molecule has 2 rings (SSSR count). The van der Waals surface area contributed by atoms with Gasteiger partial charge in [0.15, 0.2) is 0 Å². The van der Waals surface area contributed by atoms with Gasteiger partial charge in [-0.1, -0.05) is 0 Å². The van der Waals surface area contributed by atoms with E-state index in [2.05, 4.69) is 20.6 Å². The van der Waals surface area contributed by atoms with Gasteiger partial charge >= 0.3 is 0 Å². The van der Waals surface area contributed by atoms with Crippen LogP contribution in [0, 0.1) is 5.92 Å². The van der Waals surface area contributed by atoms with E-state index in [0.29, 0.717) is 12.3 Å². The number of anilines is 1. The first kappa shape index (κ1) is 8.93. The maximum Gasteiger partial charge on any atom is 0.220 e. The Morgan fingerprint density at radius 3 is 3.21 bits per heavy atom. The van der Waals surface area contributed by atoms with Crippen molar-refractivity contribution in [2.24, 2.45) is 5.92 Å². The van der Waals surface area contributed by atoms with Crippen LogP contribution in [0.4, 0.5) is 5.82 Å². The number of nitrogens with one attached hydrogen (secondary N) is 2. The topological polar surface area (TPSA) is 66.9 Å². The van der Waals surface area contributed by atoms with Gasteiger partial charge in [-0.05, 0) is 6.07 Å². The van der Waals surface area contributed by atoms with Crippen molar-refractivity contribution in [1.29, 1.82) is 0 Å². The Morgan fingerprint density at radius 2 is 2.57 bits per heavy atom. The number of amides is 1. The van der Waals surface area contributed by atoms with Gasteiger partial charge in [0.05, 0.1) is 0 Å². The predicted molar refractivity (Wildman–Crippen MR) is 51.6 cm³/mol. The predicted octanol–water partition coefficient (Wildman–Crippen LogP) is 0.0246. The molecule has 1 unspecified atom stereocenters. The first-order valence-corrected chi connectivity index (χ1v) is 4.61. The molecule has 0 aromatic carbocycles. The summed E-state index contributed by atoms with van der Waals surface area (Å²) in [5.41, 5.74) is 0. The van der Waals surface area contributed by atoms with Crippen molar-refractivity contribution in [1.82, 2.24) is 15.3 Å². The second-order valence-corrected chi connectivity index (χ2v) is 3.35. The highest BCUT2D eigenvalue weighted by molar-refractivity contribution is 5.78. The molecule has 1 aromatic rings. The number of rotatable bonds is 3. The molecule has 0 saturated carbocycles. The van der Waals surface area contributed by atoms with Crippen LogP contribution in [0.5, 0.6) is 0 Å². The molecule has 5 nitrogen and oxygen atoms in total. The van der Waals surface area contributed by atoms with E-state index < -0.39 is 0 Å². The largest absolute Gasteiger partial charge is 0.370 e. The van der Waals surface area contributed by atoms with Crippen LogP contribution < -0.4 is 10.6 Å². The average Bonchev–Trinajstić information content (AvgIpc) is 2.63. The summed E-state index contributed by atoms with van der Waals surface area (Å²) in [7, 11) is 0. The van der Waals surface area contributed by atoms with Crippen LogP contribution in [0.15, 0.2) is 18.6 Å². The van der Waals surface area contributed by atoms with Crippen LogP contribution in [-0.4, -0.2) is 29.0 Å². The van der Waals surface area contributed by atoms with Gasteiger partial charge in [0.2, 0.25) is 5.91 Å². The van der Waals surface area contributed by atoms with Gasteiger partial charge in [-0.2, -0.15) is 0 Å². The Morgan fingerprint density at radius 1 is 1.64 bits per heavy atom. The van der Waals surface area contributed by atoms with Crippen LogP contribution >= 0.6 is 0 Å². The number of carbonyl (C=O) groups is 1. The minimum atomic E-state index is 0.138. The van der Waals surface area contributed by atoms with Crippen molar-refractivity contribution < 1.29 is 4.79 Å². The fourth-order valence-corrected chi connectivity index (χ4v) is 1.45. The van der Waals surface area contributed by atoms with Crippen molar-refractivity contribution in [2.75, 3.05) is 18.4 Å². The maximum absolute atomic E-state index is 10.9. The van der Waals surface area contributed by atoms with Gasteiger partial charge in [0.25, 0.3) is 0 Å². The molecule has 0 spiro atoms. The third kappa shape index (κ3) is 2.18. The molecule has 1 aromatic heterocycles. The van der Waals surface area contributed by atoms with Gasteiger partial charge in [-0.25, -0.2) is 9.97 Å². The highest BCUT2D eigenvalue weighted by atomic mass is 16.1. The first-order valence-electron chi connectivity index (χ1n) is 4.61. The summed E-state index contributed by atoms with van der Waals surface area (Å²) < 4.78 is 0. The zero-order chi connectivity index (χ0) is 9.80. The standard InChI is InChI=1S/C9H12N4O/c14-9-3-7(5-12-9)4-11-8-1-2-10-6-13-8/h1-2,6-7H,3-5H2,(H,12,14)(H,10,11,13). The van der Waals surface area contributed by atoms with Gasteiger partial charge < -0.3 is 10.6 Å². The molecule has 2 heterocycles. The van der Waals surface area contributed by atoms with Crippen LogP contribution in [0.2, 0.25) is 0 Å². The molecule has 1 saturated heterocycles. The summed E-state index contributed by atoms with van der Waals surface area (Å²) in [6, 6.07) is 1.81. The molecule has 5 heteroatoms. The monoisotopic (exact) mass is 192 g/mol. The van der Waals surface area contributed by atoms with E-state index in [1.807, 2.05) is 6.07 Å². The first-order chi connectivity index (χ1) is 6.84. The minimum Gasteiger partial charge on any atom is -0.370 e. The van der Waals surface area contributed by atoms with Crippen molar-refractivity contribution in [3.05, 3.63) is 18.6 Å². The molecule has 14 heavy (non-hydrogen) atoms. The zero-order valence-electron chi connectivity index (χ0n) is 7.73. The summed E-state index contributed by atoms with van der Waals surface area (Å²) in [5, 5.41) is 5.96. The molecule has 1 amide bonds. The smallest absolute Gasteiger partial charge is 0.220 e. The molecule has 1 aliphatic heterocycles. The Bertz CT molecular complexity index is 314. The quantitative estimate of drug-likeness (QED) is 0.708. The fourth-order valence-electron chi connectivity index (χ4n) is 1.45. The Labute approximate surface area is 82.0 Å². The second kappa shape index (κ2) is 4.04. The van der Waals surface area contributed by atoms with Gasteiger partial charge in [-0.3, -0.25) is 4.79 Å². The molecule has 74 valence electrons. The molecular formula is C9H12N4O.